The third-order valence-electron chi connectivity index (χ3n) is 5.58. The van der Waals surface area contributed by atoms with Gasteiger partial charge in [-0.1, -0.05) is 68.4 Å². The number of hydrogen-bond donors (Lipinski definition) is 0. The van der Waals surface area contributed by atoms with E-state index in [1.165, 1.54) is 23.0 Å². The Morgan fingerprint density at radius 3 is 2.51 bits per heavy atom. The van der Waals surface area contributed by atoms with Gasteiger partial charge in [0.2, 0.25) is 4.80 Å². The highest BCUT2D eigenvalue weighted by molar-refractivity contribution is 7.07. The van der Waals surface area contributed by atoms with Crippen molar-refractivity contribution in [2.75, 3.05) is 0 Å². The molecule has 3 aromatic carbocycles. The highest BCUT2D eigenvalue weighted by Crippen LogP contribution is 2.29. The van der Waals surface area contributed by atoms with Crippen LogP contribution < -0.4 is 4.80 Å². The maximum absolute atomic E-state index is 11.5. The van der Waals surface area contributed by atoms with Gasteiger partial charge in [-0.15, -0.1) is 11.3 Å². The predicted octanol–water partition coefficient (Wildman–Crippen LogP) is 7.11. The third kappa shape index (κ3) is 4.69. The summed E-state index contributed by atoms with van der Waals surface area (Å²) in [5.41, 5.74) is 3.86. The molecule has 0 amide bonds. The highest BCUT2D eigenvalue weighted by Gasteiger charge is 2.15. The number of nitro groups is 1. The molecule has 0 N–H and O–H groups in total. The van der Waals surface area contributed by atoms with Gasteiger partial charge in [-0.25, -0.2) is 9.67 Å². The summed E-state index contributed by atoms with van der Waals surface area (Å²) in [6, 6.07) is 24.3. The summed E-state index contributed by atoms with van der Waals surface area (Å²) in [6.07, 6.45) is 1.75. The van der Waals surface area contributed by atoms with Gasteiger partial charge >= 0.3 is 0 Å². The predicted molar refractivity (Wildman–Crippen MR) is 139 cm³/mol. The molecule has 0 unspecified atom stereocenters. The van der Waals surface area contributed by atoms with E-state index < -0.39 is 4.92 Å². The number of rotatable bonds is 6. The molecule has 0 fully saturated rings. The SMILES string of the molecule is CC(C)c1ccc(C=Nn2c(-c3cc4ccccc4o3)csc2=Nc2ccccc2[N+](=O)[O-])cc1. The lowest BCUT2D eigenvalue weighted by atomic mass is 10.0. The molecule has 35 heavy (non-hydrogen) atoms. The second-order valence-electron chi connectivity index (χ2n) is 8.29. The molecule has 0 saturated heterocycles. The van der Waals surface area contributed by atoms with Gasteiger partial charge in [-0.05, 0) is 35.2 Å². The number of furan rings is 1. The molecule has 0 saturated carbocycles. The maximum atomic E-state index is 11.5. The Kier molecular flexibility index (Phi) is 6.12. The Morgan fingerprint density at radius 1 is 1.03 bits per heavy atom. The smallest absolute Gasteiger partial charge is 0.294 e. The van der Waals surface area contributed by atoms with Crippen LogP contribution in [0, 0.1) is 10.1 Å². The topological polar surface area (TPSA) is 85.9 Å². The average Bonchev–Trinajstić information content (AvgIpc) is 3.47. The lowest BCUT2D eigenvalue weighted by molar-refractivity contribution is -0.384. The van der Waals surface area contributed by atoms with Crippen molar-refractivity contribution in [2.45, 2.75) is 19.8 Å². The van der Waals surface area contributed by atoms with E-state index in [-0.39, 0.29) is 11.4 Å². The Labute approximate surface area is 205 Å². The van der Waals surface area contributed by atoms with E-state index in [4.69, 9.17) is 9.52 Å². The first-order chi connectivity index (χ1) is 17.0. The molecule has 5 aromatic rings. The van der Waals surface area contributed by atoms with Crippen molar-refractivity contribution in [3.05, 3.63) is 110 Å². The van der Waals surface area contributed by atoms with E-state index in [0.717, 1.165) is 16.5 Å². The fraction of sp³-hybridized carbons (Fsp3) is 0.111. The molecule has 0 atom stereocenters. The van der Waals surface area contributed by atoms with E-state index in [1.54, 1.807) is 29.1 Å². The average molecular weight is 483 g/mol. The van der Waals surface area contributed by atoms with Crippen LogP contribution in [0.2, 0.25) is 0 Å². The van der Waals surface area contributed by atoms with Crippen molar-refractivity contribution < 1.29 is 9.34 Å². The van der Waals surface area contributed by atoms with Gasteiger partial charge in [-0.3, -0.25) is 10.1 Å². The largest absolute Gasteiger partial charge is 0.454 e. The fourth-order valence-electron chi connectivity index (χ4n) is 3.67. The van der Waals surface area contributed by atoms with Gasteiger partial charge in [0.05, 0.1) is 11.1 Å². The number of para-hydroxylation sites is 3. The number of benzene rings is 3. The Hall–Kier alpha value is -4.30. The monoisotopic (exact) mass is 482 g/mol. The quantitative estimate of drug-likeness (QED) is 0.147. The van der Waals surface area contributed by atoms with Gasteiger partial charge in [-0.2, -0.15) is 5.10 Å². The second kappa shape index (κ2) is 9.52. The van der Waals surface area contributed by atoms with Gasteiger partial charge < -0.3 is 4.42 Å². The first-order valence-electron chi connectivity index (χ1n) is 11.1. The summed E-state index contributed by atoms with van der Waals surface area (Å²) < 4.78 is 7.74. The number of nitrogens with zero attached hydrogens (tertiary/aromatic N) is 4. The van der Waals surface area contributed by atoms with Crippen molar-refractivity contribution in [3.8, 4) is 11.5 Å². The summed E-state index contributed by atoms with van der Waals surface area (Å²) in [6.45, 7) is 4.31. The van der Waals surface area contributed by atoms with Gasteiger partial charge in [0, 0.05) is 16.8 Å². The van der Waals surface area contributed by atoms with Crippen LogP contribution in [0.25, 0.3) is 22.4 Å². The molecule has 0 aliphatic heterocycles. The Bertz CT molecular complexity index is 1570. The first-order valence-corrected chi connectivity index (χ1v) is 12.0. The maximum Gasteiger partial charge on any atom is 0.294 e. The van der Waals surface area contributed by atoms with E-state index in [2.05, 4.69) is 31.0 Å². The van der Waals surface area contributed by atoms with Crippen molar-refractivity contribution >= 4 is 39.9 Å². The van der Waals surface area contributed by atoms with Crippen molar-refractivity contribution in [1.29, 1.82) is 0 Å². The summed E-state index contributed by atoms with van der Waals surface area (Å²) >= 11 is 1.34. The zero-order chi connectivity index (χ0) is 24.4. The normalized spacial score (nSPS) is 12.3. The van der Waals surface area contributed by atoms with E-state index in [1.807, 2.05) is 47.8 Å². The molecule has 5 rings (SSSR count). The number of aromatic nitrogens is 1. The van der Waals surface area contributed by atoms with Crippen LogP contribution in [-0.4, -0.2) is 15.8 Å². The molecule has 2 aromatic heterocycles. The minimum atomic E-state index is -0.434. The van der Waals surface area contributed by atoms with Crippen molar-refractivity contribution in [2.24, 2.45) is 10.1 Å². The van der Waals surface area contributed by atoms with Crippen LogP contribution in [0.3, 0.4) is 0 Å². The van der Waals surface area contributed by atoms with E-state index in [9.17, 15) is 10.1 Å². The van der Waals surface area contributed by atoms with Crippen LogP contribution in [0.1, 0.15) is 30.9 Å². The van der Waals surface area contributed by atoms with Gasteiger partial charge in [0.1, 0.15) is 17.0 Å². The minimum absolute atomic E-state index is 0.0639. The zero-order valence-corrected chi connectivity index (χ0v) is 20.0. The lowest BCUT2D eigenvalue weighted by Gasteiger charge is -2.05. The first kappa shape index (κ1) is 22.5. The molecule has 8 heteroatoms. The summed E-state index contributed by atoms with van der Waals surface area (Å²) in [4.78, 5) is 16.2. The number of nitro benzene ring substituents is 1. The molecule has 7 nitrogen and oxygen atoms in total. The van der Waals surface area contributed by atoms with Crippen LogP contribution in [0.5, 0.6) is 0 Å². The standard InChI is InChI=1S/C27H22N4O3S/c1-18(2)20-13-11-19(12-14-20)16-28-30-24(26-15-21-7-3-6-10-25(21)34-26)17-35-27(30)29-22-8-4-5-9-23(22)31(32)33/h3-18H,1-2H3. The molecular weight excluding hydrogens is 460 g/mol. The minimum Gasteiger partial charge on any atom is -0.454 e. The summed E-state index contributed by atoms with van der Waals surface area (Å²) in [5, 5.41) is 19.1. The van der Waals surface area contributed by atoms with Crippen LogP contribution >= 0.6 is 11.3 Å². The molecule has 0 spiro atoms. The molecule has 2 heterocycles. The number of fused-ring (bicyclic) bond motifs is 1. The molecule has 0 aliphatic carbocycles. The second-order valence-corrected chi connectivity index (χ2v) is 9.12. The number of hydrogen-bond acceptors (Lipinski definition) is 6. The molecule has 0 aliphatic rings. The summed E-state index contributed by atoms with van der Waals surface area (Å²) in [7, 11) is 0. The number of thiazole rings is 1. The molecule has 0 bridgehead atoms. The molecule has 0 radical (unpaired) electrons. The van der Waals surface area contributed by atoms with E-state index in [0.29, 0.717) is 22.2 Å². The zero-order valence-electron chi connectivity index (χ0n) is 19.2. The molecular formula is C27H22N4O3S. The third-order valence-corrected chi connectivity index (χ3v) is 6.40. The van der Waals surface area contributed by atoms with Crippen LogP contribution in [-0.2, 0) is 0 Å². The fourth-order valence-corrected chi connectivity index (χ4v) is 4.50. The van der Waals surface area contributed by atoms with E-state index >= 15 is 0 Å². The van der Waals surface area contributed by atoms with Crippen LogP contribution in [0.15, 0.2) is 98.8 Å². The van der Waals surface area contributed by atoms with Gasteiger partial charge in [0.15, 0.2) is 5.76 Å². The highest BCUT2D eigenvalue weighted by atomic mass is 32.1. The Balaban J connectivity index is 1.64. The Morgan fingerprint density at radius 2 is 1.77 bits per heavy atom. The van der Waals surface area contributed by atoms with Gasteiger partial charge in [0.25, 0.3) is 5.69 Å². The molecule has 174 valence electrons. The van der Waals surface area contributed by atoms with Crippen molar-refractivity contribution in [1.82, 2.24) is 4.68 Å². The van der Waals surface area contributed by atoms with Crippen molar-refractivity contribution in [3.63, 3.8) is 0 Å². The van der Waals surface area contributed by atoms with Crippen LogP contribution in [0.4, 0.5) is 11.4 Å². The lowest BCUT2D eigenvalue weighted by Crippen LogP contribution is -2.11. The summed E-state index contributed by atoms with van der Waals surface area (Å²) in [5.74, 6) is 1.08.